The largest absolute Gasteiger partial charge is 0.493 e. The maximum Gasteiger partial charge on any atom is 0.246 e. The third-order valence-corrected chi connectivity index (χ3v) is 8.21. The highest BCUT2D eigenvalue weighted by Crippen LogP contribution is 2.46. The zero-order valence-electron chi connectivity index (χ0n) is 19.7. The van der Waals surface area contributed by atoms with E-state index in [1.807, 2.05) is 38.1 Å². The molecule has 1 unspecified atom stereocenters. The monoisotopic (exact) mass is 474 g/mol. The molecule has 0 saturated carbocycles. The second kappa shape index (κ2) is 9.54. The number of ether oxygens (including phenoxy) is 1. The number of carbonyl (C=O) groups is 3. The summed E-state index contributed by atoms with van der Waals surface area (Å²) in [6.07, 6.45) is 1.98. The number of carbonyl (C=O) groups excluding carboxylic acids is 3. The lowest BCUT2D eigenvalue weighted by Crippen LogP contribution is -2.58. The van der Waals surface area contributed by atoms with Crippen LogP contribution in [-0.2, 0) is 14.4 Å². The van der Waals surface area contributed by atoms with E-state index in [9.17, 15) is 14.4 Å². The maximum atomic E-state index is 13.7. The topological polar surface area (TPSA) is 99.8 Å². The van der Waals surface area contributed by atoms with Gasteiger partial charge in [0.05, 0.1) is 24.1 Å². The van der Waals surface area contributed by atoms with Crippen LogP contribution in [0.5, 0.6) is 5.75 Å². The van der Waals surface area contributed by atoms with Crippen LogP contribution < -0.4 is 20.7 Å². The smallest absolute Gasteiger partial charge is 0.246 e. The number of fused-ring (bicyclic) bond motifs is 2. The van der Waals surface area contributed by atoms with Gasteiger partial charge in [-0.15, -0.1) is 11.8 Å². The van der Waals surface area contributed by atoms with Crippen LogP contribution in [0.15, 0.2) is 24.3 Å². The molecule has 3 amide bonds. The summed E-state index contributed by atoms with van der Waals surface area (Å²) >= 11 is 1.70. The molecule has 0 bridgehead atoms. The summed E-state index contributed by atoms with van der Waals surface area (Å²) in [6, 6.07) is 5.98. The van der Waals surface area contributed by atoms with Crippen molar-refractivity contribution in [2.45, 2.75) is 69.6 Å². The van der Waals surface area contributed by atoms with Gasteiger partial charge < -0.3 is 25.6 Å². The van der Waals surface area contributed by atoms with Crippen molar-refractivity contribution >= 4 is 29.5 Å². The van der Waals surface area contributed by atoms with Gasteiger partial charge in [-0.2, -0.15) is 0 Å². The van der Waals surface area contributed by atoms with E-state index >= 15 is 0 Å². The third kappa shape index (κ3) is 4.71. The van der Waals surface area contributed by atoms with Crippen molar-refractivity contribution in [3.8, 4) is 5.75 Å². The van der Waals surface area contributed by atoms with E-state index in [1.54, 1.807) is 30.6 Å². The fourth-order valence-electron chi connectivity index (χ4n) is 5.02. The Kier molecular flexibility index (Phi) is 6.91. The zero-order valence-corrected chi connectivity index (χ0v) is 20.5. The molecule has 2 saturated heterocycles. The van der Waals surface area contributed by atoms with Gasteiger partial charge in [0.1, 0.15) is 17.8 Å². The second-order valence-electron chi connectivity index (χ2n) is 9.76. The van der Waals surface area contributed by atoms with Crippen molar-refractivity contribution in [3.05, 3.63) is 29.8 Å². The number of hydrogen-bond donors (Lipinski definition) is 3. The third-order valence-electron chi connectivity index (χ3n) is 6.96. The molecule has 0 radical (unpaired) electrons. The van der Waals surface area contributed by atoms with Crippen molar-refractivity contribution in [2.24, 2.45) is 5.41 Å². The van der Waals surface area contributed by atoms with Crippen molar-refractivity contribution < 1.29 is 19.1 Å². The number of para-hydroxylation sites is 1. The molecule has 2 fully saturated rings. The van der Waals surface area contributed by atoms with Gasteiger partial charge in [0.2, 0.25) is 17.7 Å². The van der Waals surface area contributed by atoms with Gasteiger partial charge in [0.15, 0.2) is 0 Å². The minimum Gasteiger partial charge on any atom is -0.493 e. The summed E-state index contributed by atoms with van der Waals surface area (Å²) in [5, 5.41) is 8.94. The zero-order chi connectivity index (χ0) is 23.8. The lowest BCUT2D eigenvalue weighted by molar-refractivity contribution is -0.144. The number of likely N-dealkylation sites (N-methyl/N-ethyl adjacent to an activating group) is 1. The van der Waals surface area contributed by atoms with E-state index in [1.165, 1.54) is 0 Å². The molecule has 3 heterocycles. The van der Waals surface area contributed by atoms with Gasteiger partial charge in [-0.3, -0.25) is 14.4 Å². The van der Waals surface area contributed by atoms with Crippen LogP contribution >= 0.6 is 11.8 Å². The van der Waals surface area contributed by atoms with Crippen molar-refractivity contribution in [1.29, 1.82) is 0 Å². The van der Waals surface area contributed by atoms with Crippen LogP contribution in [0, 0.1) is 5.41 Å². The Balaban J connectivity index is 1.56. The van der Waals surface area contributed by atoms with Crippen LogP contribution in [0.25, 0.3) is 0 Å². The Hall–Kier alpha value is -2.26. The van der Waals surface area contributed by atoms with Crippen LogP contribution in [0.2, 0.25) is 0 Å². The lowest BCUT2D eigenvalue weighted by atomic mass is 9.83. The Bertz CT molecular complexity index is 923. The molecular formula is C24H34N4O4S. The van der Waals surface area contributed by atoms with Gasteiger partial charge in [-0.05, 0) is 44.0 Å². The van der Waals surface area contributed by atoms with E-state index in [0.717, 1.165) is 23.5 Å². The second-order valence-corrected chi connectivity index (χ2v) is 11.0. The Morgan fingerprint density at radius 1 is 1.18 bits per heavy atom. The number of benzene rings is 1. The first kappa shape index (κ1) is 23.9. The molecular weight excluding hydrogens is 440 g/mol. The Morgan fingerprint density at radius 3 is 2.70 bits per heavy atom. The molecule has 33 heavy (non-hydrogen) atoms. The molecule has 3 N–H and O–H groups in total. The summed E-state index contributed by atoms with van der Waals surface area (Å²) in [6.45, 7) is 6.40. The first-order valence-corrected chi connectivity index (χ1v) is 12.7. The minimum atomic E-state index is -0.626. The summed E-state index contributed by atoms with van der Waals surface area (Å²) in [7, 11) is 1.71. The standard InChI is InChI=1S/C24H34N4O4S/c1-14(25-4)21(29)27-17-10-12-33-19-13-24(2,3)20(28(19)23(17)31)22(30)26-16-9-11-32-18-8-6-5-7-15(16)18/h5-8,14,16-17,19-20,25H,9-13H2,1-4H3,(H,26,30)(H,27,29)/t14-,16+,17-,19?,20+/m0/s1. The normalized spacial score (nSPS) is 29.2. The average molecular weight is 475 g/mol. The number of thioether (sulfide) groups is 1. The molecule has 180 valence electrons. The minimum absolute atomic E-state index is 0.0751. The first-order valence-electron chi connectivity index (χ1n) is 11.7. The molecule has 0 spiro atoms. The molecule has 8 nitrogen and oxygen atoms in total. The van der Waals surface area contributed by atoms with Gasteiger partial charge in [-0.1, -0.05) is 32.0 Å². The number of amides is 3. The molecule has 5 atom stereocenters. The molecule has 1 aromatic rings. The Labute approximate surface area is 199 Å². The van der Waals surface area contributed by atoms with Gasteiger partial charge in [0, 0.05) is 12.0 Å². The molecule has 4 rings (SSSR count). The van der Waals surface area contributed by atoms with Crippen LogP contribution in [0.3, 0.4) is 0 Å². The van der Waals surface area contributed by atoms with E-state index in [0.29, 0.717) is 19.4 Å². The Morgan fingerprint density at radius 2 is 1.94 bits per heavy atom. The van der Waals surface area contributed by atoms with Crippen molar-refractivity contribution in [3.63, 3.8) is 0 Å². The summed E-state index contributed by atoms with van der Waals surface area (Å²) in [5.74, 6) is 1.02. The summed E-state index contributed by atoms with van der Waals surface area (Å²) in [5.41, 5.74) is 0.582. The van der Waals surface area contributed by atoms with Gasteiger partial charge in [-0.25, -0.2) is 0 Å². The fraction of sp³-hybridized carbons (Fsp3) is 0.625. The quantitative estimate of drug-likeness (QED) is 0.602. The van der Waals surface area contributed by atoms with E-state index in [4.69, 9.17) is 4.74 Å². The number of rotatable bonds is 5. The average Bonchev–Trinajstić information content (AvgIpc) is 2.99. The molecule has 3 aliphatic heterocycles. The molecule has 3 aliphatic rings. The van der Waals surface area contributed by atoms with Crippen LogP contribution in [0.4, 0.5) is 0 Å². The molecule has 9 heteroatoms. The molecule has 0 aromatic heterocycles. The number of nitrogens with one attached hydrogen (secondary N) is 3. The van der Waals surface area contributed by atoms with Crippen LogP contribution in [0.1, 0.15) is 51.6 Å². The fourth-order valence-corrected chi connectivity index (χ4v) is 6.60. The summed E-state index contributed by atoms with van der Waals surface area (Å²) in [4.78, 5) is 41.5. The number of nitrogens with zero attached hydrogens (tertiary/aromatic N) is 1. The van der Waals surface area contributed by atoms with E-state index < -0.39 is 18.1 Å². The SMILES string of the molecule is CN[C@@H](C)C(=O)N[C@H]1CCSC2CC(C)(C)[C@@H](C(=O)N[C@@H]3CCOc4ccccc43)N2C1=O. The molecule has 0 aliphatic carbocycles. The summed E-state index contributed by atoms with van der Waals surface area (Å²) < 4.78 is 5.74. The highest BCUT2D eigenvalue weighted by Gasteiger charge is 2.54. The van der Waals surface area contributed by atoms with Crippen molar-refractivity contribution in [2.75, 3.05) is 19.4 Å². The lowest BCUT2D eigenvalue weighted by Gasteiger charge is -2.36. The van der Waals surface area contributed by atoms with Gasteiger partial charge >= 0.3 is 0 Å². The predicted molar refractivity (Wildman–Crippen MR) is 128 cm³/mol. The highest BCUT2D eigenvalue weighted by molar-refractivity contribution is 7.99. The van der Waals surface area contributed by atoms with Crippen molar-refractivity contribution in [1.82, 2.24) is 20.9 Å². The van der Waals surface area contributed by atoms with Gasteiger partial charge in [0.25, 0.3) is 0 Å². The first-order chi connectivity index (χ1) is 15.7. The molecule has 1 aromatic carbocycles. The van der Waals surface area contributed by atoms with E-state index in [2.05, 4.69) is 16.0 Å². The van der Waals surface area contributed by atoms with Crippen LogP contribution in [-0.4, -0.2) is 65.5 Å². The van der Waals surface area contributed by atoms with E-state index in [-0.39, 0.29) is 34.6 Å². The predicted octanol–water partition coefficient (Wildman–Crippen LogP) is 1.81. The number of hydrogen-bond acceptors (Lipinski definition) is 6. The highest BCUT2D eigenvalue weighted by atomic mass is 32.2. The maximum absolute atomic E-state index is 13.7.